The highest BCUT2D eigenvalue weighted by Crippen LogP contribution is 2.22. The number of carbonyl (C=O) groups is 2. The molecular weight excluding hydrogens is 290 g/mol. The maximum Gasteiger partial charge on any atom is 0.304 e. The van der Waals surface area contributed by atoms with E-state index >= 15 is 0 Å². The number of rotatable bonds is 6. The zero-order chi connectivity index (χ0) is 16.0. The Labute approximate surface area is 128 Å². The number of anilines is 1. The van der Waals surface area contributed by atoms with Gasteiger partial charge in [0.25, 0.3) is 0 Å². The van der Waals surface area contributed by atoms with Gasteiger partial charge in [0.1, 0.15) is 11.1 Å². The van der Waals surface area contributed by atoms with Crippen molar-refractivity contribution in [3.8, 4) is 6.07 Å². The first-order chi connectivity index (χ1) is 9.74. The summed E-state index contributed by atoms with van der Waals surface area (Å²) < 4.78 is 0. The molecule has 1 aromatic rings. The first kappa shape index (κ1) is 17.1. The number of carboxylic acid groups (broad SMARTS) is 1. The Bertz CT molecular complexity index is 555. The van der Waals surface area contributed by atoms with Crippen LogP contribution in [-0.2, 0) is 9.59 Å². The first-order valence-corrected chi connectivity index (χ1v) is 7.36. The summed E-state index contributed by atoms with van der Waals surface area (Å²) in [6, 6.07) is 3.65. The molecule has 0 spiro atoms. The number of amides is 1. The van der Waals surface area contributed by atoms with Crippen LogP contribution in [0.4, 0.5) is 5.00 Å². The van der Waals surface area contributed by atoms with E-state index in [0.29, 0.717) is 17.1 Å². The molecule has 21 heavy (non-hydrogen) atoms. The maximum absolute atomic E-state index is 12.1. The van der Waals surface area contributed by atoms with E-state index in [4.69, 9.17) is 10.4 Å². The van der Waals surface area contributed by atoms with Crippen molar-refractivity contribution in [2.75, 3.05) is 18.4 Å². The number of nitrogens with zero attached hydrogens (tertiary/aromatic N) is 2. The van der Waals surface area contributed by atoms with E-state index in [0.717, 1.165) is 0 Å². The van der Waals surface area contributed by atoms with Gasteiger partial charge in [-0.2, -0.15) is 5.26 Å². The highest BCUT2D eigenvalue weighted by atomic mass is 32.1. The lowest BCUT2D eigenvalue weighted by Gasteiger charge is -2.34. The summed E-state index contributed by atoms with van der Waals surface area (Å²) in [7, 11) is 0. The Morgan fingerprint density at radius 3 is 2.67 bits per heavy atom. The standard InChI is InChI=1S/C14H19N3O3S/c1-14(2,3)17(6-4-12(19)20)9-11(18)16-13-10(8-15)5-7-21-13/h5,7H,4,6,9H2,1-3H3,(H,16,18)(H,19,20). The van der Waals surface area contributed by atoms with E-state index in [1.807, 2.05) is 26.8 Å². The molecule has 2 N–H and O–H groups in total. The second kappa shape index (κ2) is 7.20. The quantitative estimate of drug-likeness (QED) is 0.839. The van der Waals surface area contributed by atoms with Crippen LogP contribution in [0.2, 0.25) is 0 Å². The van der Waals surface area contributed by atoms with E-state index in [1.165, 1.54) is 11.3 Å². The van der Waals surface area contributed by atoms with Crippen molar-refractivity contribution in [2.24, 2.45) is 0 Å². The number of hydrogen-bond donors (Lipinski definition) is 2. The fourth-order valence-electron chi connectivity index (χ4n) is 1.72. The third-order valence-corrected chi connectivity index (χ3v) is 3.75. The monoisotopic (exact) mass is 309 g/mol. The molecule has 6 nitrogen and oxygen atoms in total. The summed E-state index contributed by atoms with van der Waals surface area (Å²) in [4.78, 5) is 24.6. The van der Waals surface area contributed by atoms with E-state index in [1.54, 1.807) is 16.3 Å². The molecule has 0 aliphatic rings. The predicted octanol–water partition coefficient (Wildman–Crippen LogP) is 2.13. The number of aliphatic carboxylic acids is 1. The van der Waals surface area contributed by atoms with Crippen LogP contribution in [0.1, 0.15) is 32.8 Å². The van der Waals surface area contributed by atoms with Crippen molar-refractivity contribution < 1.29 is 14.7 Å². The van der Waals surface area contributed by atoms with Gasteiger partial charge in [-0.15, -0.1) is 11.3 Å². The Hall–Kier alpha value is -1.91. The number of thiophene rings is 1. The second-order valence-electron chi connectivity index (χ2n) is 5.56. The van der Waals surface area contributed by atoms with Crippen LogP contribution in [0.3, 0.4) is 0 Å². The third kappa shape index (κ3) is 5.53. The molecule has 114 valence electrons. The molecule has 0 radical (unpaired) electrons. The minimum atomic E-state index is -0.894. The molecule has 0 saturated heterocycles. The zero-order valence-corrected chi connectivity index (χ0v) is 13.2. The fourth-order valence-corrected chi connectivity index (χ4v) is 2.47. The van der Waals surface area contributed by atoms with Crippen molar-refractivity contribution >= 4 is 28.2 Å². The summed E-state index contributed by atoms with van der Waals surface area (Å²) in [6.45, 7) is 6.15. The summed E-state index contributed by atoms with van der Waals surface area (Å²) >= 11 is 1.29. The largest absolute Gasteiger partial charge is 0.481 e. The minimum Gasteiger partial charge on any atom is -0.481 e. The van der Waals surface area contributed by atoms with Crippen LogP contribution in [0.25, 0.3) is 0 Å². The lowest BCUT2D eigenvalue weighted by Crippen LogP contribution is -2.46. The van der Waals surface area contributed by atoms with Gasteiger partial charge in [-0.05, 0) is 32.2 Å². The van der Waals surface area contributed by atoms with E-state index in [9.17, 15) is 9.59 Å². The summed E-state index contributed by atoms with van der Waals surface area (Å²) in [5.74, 6) is -1.15. The molecule has 0 aliphatic carbocycles. The number of nitriles is 1. The molecule has 0 fully saturated rings. The second-order valence-corrected chi connectivity index (χ2v) is 6.48. The number of hydrogen-bond acceptors (Lipinski definition) is 5. The van der Waals surface area contributed by atoms with Crippen LogP contribution in [0.5, 0.6) is 0 Å². The molecule has 0 saturated carbocycles. The van der Waals surface area contributed by atoms with E-state index < -0.39 is 5.97 Å². The molecular formula is C14H19N3O3S. The Morgan fingerprint density at radius 2 is 2.14 bits per heavy atom. The van der Waals surface area contributed by atoms with Gasteiger partial charge in [-0.25, -0.2) is 0 Å². The predicted molar refractivity (Wildman–Crippen MR) is 81.2 cm³/mol. The Morgan fingerprint density at radius 1 is 1.48 bits per heavy atom. The number of nitrogens with one attached hydrogen (secondary N) is 1. The zero-order valence-electron chi connectivity index (χ0n) is 12.3. The molecule has 0 bridgehead atoms. The van der Waals surface area contributed by atoms with Crippen LogP contribution < -0.4 is 5.32 Å². The maximum atomic E-state index is 12.1. The van der Waals surface area contributed by atoms with Gasteiger partial charge in [0.15, 0.2) is 0 Å². The van der Waals surface area contributed by atoms with Gasteiger partial charge < -0.3 is 10.4 Å². The summed E-state index contributed by atoms with van der Waals surface area (Å²) in [6.07, 6.45) is -0.0208. The molecule has 0 aromatic carbocycles. The molecule has 0 aliphatic heterocycles. The van der Waals surface area contributed by atoms with Crippen LogP contribution in [0, 0.1) is 11.3 Å². The SMILES string of the molecule is CC(C)(C)N(CCC(=O)O)CC(=O)Nc1sccc1C#N. The summed E-state index contributed by atoms with van der Waals surface area (Å²) in [5.41, 5.74) is 0.113. The molecule has 0 atom stereocenters. The van der Waals surface area contributed by atoms with Gasteiger partial charge >= 0.3 is 5.97 Å². The first-order valence-electron chi connectivity index (χ1n) is 6.48. The highest BCUT2D eigenvalue weighted by Gasteiger charge is 2.24. The smallest absolute Gasteiger partial charge is 0.304 e. The van der Waals surface area contributed by atoms with E-state index in [-0.39, 0.29) is 24.4 Å². The minimum absolute atomic E-state index is 0.0208. The van der Waals surface area contributed by atoms with Crippen LogP contribution in [0.15, 0.2) is 11.4 Å². The average Bonchev–Trinajstić information content (AvgIpc) is 2.79. The average molecular weight is 309 g/mol. The lowest BCUT2D eigenvalue weighted by atomic mass is 10.1. The summed E-state index contributed by atoms with van der Waals surface area (Å²) in [5, 5.41) is 22.6. The van der Waals surface area contributed by atoms with Crippen molar-refractivity contribution in [1.82, 2.24) is 4.90 Å². The highest BCUT2D eigenvalue weighted by molar-refractivity contribution is 7.14. The van der Waals surface area contributed by atoms with Gasteiger partial charge in [-0.3, -0.25) is 14.5 Å². The van der Waals surface area contributed by atoms with Gasteiger partial charge in [0.2, 0.25) is 5.91 Å². The fraction of sp³-hybridized carbons (Fsp3) is 0.500. The van der Waals surface area contributed by atoms with Gasteiger partial charge in [-0.1, -0.05) is 0 Å². The normalized spacial score (nSPS) is 11.2. The van der Waals surface area contributed by atoms with Crippen molar-refractivity contribution in [3.63, 3.8) is 0 Å². The number of carboxylic acids is 1. The van der Waals surface area contributed by atoms with Crippen LogP contribution >= 0.6 is 11.3 Å². The van der Waals surface area contributed by atoms with Crippen molar-refractivity contribution in [2.45, 2.75) is 32.7 Å². The molecule has 1 heterocycles. The molecule has 1 aromatic heterocycles. The van der Waals surface area contributed by atoms with Gasteiger partial charge in [0, 0.05) is 12.1 Å². The topological polar surface area (TPSA) is 93.4 Å². The Kier molecular flexibility index (Phi) is 5.88. The van der Waals surface area contributed by atoms with E-state index in [2.05, 4.69) is 5.32 Å². The van der Waals surface area contributed by atoms with Crippen molar-refractivity contribution in [3.05, 3.63) is 17.0 Å². The molecule has 1 amide bonds. The molecule has 7 heteroatoms. The molecule has 0 unspecified atom stereocenters. The third-order valence-electron chi connectivity index (χ3n) is 2.92. The van der Waals surface area contributed by atoms with Gasteiger partial charge in [0.05, 0.1) is 18.5 Å². The van der Waals surface area contributed by atoms with Crippen molar-refractivity contribution in [1.29, 1.82) is 5.26 Å². The lowest BCUT2D eigenvalue weighted by molar-refractivity contribution is -0.138. The number of carbonyl (C=O) groups excluding carboxylic acids is 1. The van der Waals surface area contributed by atoms with Crippen LogP contribution in [-0.4, -0.2) is 40.5 Å². The Balaban J connectivity index is 2.68. The molecule has 1 rings (SSSR count).